The fourth-order valence-corrected chi connectivity index (χ4v) is 19.9. The van der Waals surface area contributed by atoms with Crippen LogP contribution >= 0.6 is 69.6 Å². The minimum Gasteiger partial charge on any atom is -0.381 e. The van der Waals surface area contributed by atoms with Crippen molar-refractivity contribution in [2.24, 2.45) is 0 Å². The van der Waals surface area contributed by atoms with Gasteiger partial charge < -0.3 is 28.4 Å². The van der Waals surface area contributed by atoms with Gasteiger partial charge in [0.05, 0.1) is 89.5 Å². The molecule has 6 rings (SSSR count). The van der Waals surface area contributed by atoms with Crippen molar-refractivity contribution >= 4 is 166 Å². The van der Waals surface area contributed by atoms with Gasteiger partial charge in [-0.1, -0.05) is 156 Å². The Morgan fingerprint density at radius 3 is 1.06 bits per heavy atom. The molecule has 0 fully saturated rings. The van der Waals surface area contributed by atoms with Gasteiger partial charge in [-0.3, -0.25) is 41.4 Å². The highest BCUT2D eigenvalue weighted by Gasteiger charge is 2.44. The van der Waals surface area contributed by atoms with Crippen LogP contribution in [-0.2, 0) is 119 Å². The Balaban J connectivity index is 0.000000666. The van der Waals surface area contributed by atoms with E-state index in [-0.39, 0.29) is 114 Å². The number of hydrogen-bond donors (Lipinski definition) is 0. The summed E-state index contributed by atoms with van der Waals surface area (Å²) in [7, 11) is -5.84. The maximum atomic E-state index is 12.4. The molecular weight excluding hydrogens is 1680 g/mol. The van der Waals surface area contributed by atoms with E-state index in [4.69, 9.17) is 98.0 Å². The number of hydrogen-bond acceptors (Lipinski definition) is 21. The van der Waals surface area contributed by atoms with E-state index >= 15 is 0 Å². The Hall–Kier alpha value is -4.86. The lowest BCUT2D eigenvalue weighted by Gasteiger charge is -2.24. The fourth-order valence-electron chi connectivity index (χ4n) is 9.79. The van der Waals surface area contributed by atoms with Crippen molar-refractivity contribution in [2.75, 3.05) is 54.2 Å². The van der Waals surface area contributed by atoms with E-state index in [1.807, 2.05) is 54.6 Å². The summed E-state index contributed by atoms with van der Waals surface area (Å²) in [6, 6.07) is 51.1. The highest BCUT2D eigenvalue weighted by atomic mass is 35.5. The van der Waals surface area contributed by atoms with E-state index in [0.717, 1.165) is 4.90 Å². The van der Waals surface area contributed by atoms with Crippen LogP contribution < -0.4 is 0 Å². The second-order valence-electron chi connectivity index (χ2n) is 25.0. The Morgan fingerprint density at radius 1 is 0.378 bits per heavy atom. The summed E-state index contributed by atoms with van der Waals surface area (Å²) in [5.41, 5.74) is 0. The lowest BCUT2D eigenvalue weighted by Crippen LogP contribution is -2.32. The maximum Gasteiger partial charge on any atom is 0.224 e. The van der Waals surface area contributed by atoms with Crippen LogP contribution in [0.1, 0.15) is 119 Å². The molecule has 0 saturated heterocycles. The Labute approximate surface area is 693 Å². The maximum absolute atomic E-state index is 12.4. The molecule has 11 unspecified atom stereocenters. The van der Waals surface area contributed by atoms with Crippen molar-refractivity contribution in [3.8, 4) is 0 Å². The monoisotopic (exact) mass is 1780 g/mol. The first-order valence-corrected chi connectivity index (χ1v) is 45.2. The standard InChI is InChI=1S/C13H16Cl2O4S.C13H16Cl2O3S.C13H17ClO4S.C13H17ClO3S.C13H18O4S.C13H18O3S/c1-10(16)8-11(19-2)9-13(14,15)20(17,18)12-6-4-3-5-7-12;1-10(16)8-11(18-2)9-13(14,15)19(17)12-6-4-3-5-7-12;1-10(15)8-11(18-2)9-13(14)19(16,17)12-6-4-3-5-7-12;1-10(15)8-11(17-2)9-13(14)18(16)12-6-4-3-5-7-12;1-11(14)10-12(17-2)8-9-18(15,16)13-6-4-3-5-7-13;1-11(14)10-12(16-2)8-9-17(15)13-6-4-3-5-7-13/h3-7,11H,8-9H2,1-2H3;3-7,11H,8-9H2,1-2H3;3-7,11,13H,8-9H2,1-2H3;3-7,11,13H,8-9H2,1-2H3;3-7,12H,8-10H2,1-2H3;3-7,12H,8-10H2,1-2H3. The van der Waals surface area contributed by atoms with Gasteiger partial charge in [-0.2, -0.15) is 0 Å². The molecule has 0 saturated carbocycles. The van der Waals surface area contributed by atoms with E-state index in [1.165, 1.54) is 94.4 Å². The SMILES string of the molecule is COC(CC(C)=O)CC(Cl)(Cl)S(=O)(=O)c1ccccc1.COC(CC(C)=O)CC(Cl)(Cl)S(=O)c1ccccc1.COC(CC(C)=O)CC(Cl)S(=O)(=O)c1ccccc1.COC(CC(C)=O)CC(Cl)S(=O)c1ccccc1.COC(CCS(=O)(=O)c1ccccc1)CC(C)=O.COC(CCS(=O)c1ccccc1)CC(C)=O. The van der Waals surface area contributed by atoms with Crippen LogP contribution in [-0.4, -0.2) is 180 Å². The number of alkyl halides is 6. The Kier molecular flexibility index (Phi) is 51.5. The number of rotatable bonds is 42. The van der Waals surface area contributed by atoms with Gasteiger partial charge in [0.2, 0.25) is 13.5 Å². The zero-order chi connectivity index (χ0) is 84.1. The summed E-state index contributed by atoms with van der Waals surface area (Å²) in [5, 5.41) is 0. The van der Waals surface area contributed by atoms with Gasteiger partial charge in [0.1, 0.15) is 44.1 Å². The fraction of sp³-hybridized carbons (Fsp3) is 0.462. The number of ketones is 6. The molecule has 618 valence electrons. The van der Waals surface area contributed by atoms with E-state index in [1.54, 1.807) is 117 Å². The van der Waals surface area contributed by atoms with Crippen molar-refractivity contribution in [1.29, 1.82) is 0 Å². The highest BCUT2D eigenvalue weighted by molar-refractivity contribution is 7.95. The van der Waals surface area contributed by atoms with Gasteiger partial charge in [0.25, 0.3) is 0 Å². The predicted molar refractivity (Wildman–Crippen MR) is 442 cm³/mol. The largest absolute Gasteiger partial charge is 0.381 e. The summed E-state index contributed by atoms with van der Waals surface area (Å²) in [4.78, 5) is 68.8. The van der Waals surface area contributed by atoms with Crippen molar-refractivity contribution in [2.45, 2.75) is 201 Å². The van der Waals surface area contributed by atoms with Crippen molar-refractivity contribution in [3.05, 3.63) is 182 Å². The topological polar surface area (TPSA) is 311 Å². The molecule has 0 spiro atoms. The molecule has 0 aliphatic heterocycles. The molecule has 0 aliphatic carbocycles. The minimum absolute atomic E-state index is 0.000964. The number of Topliss-reactive ketones (excluding diaryl/α,β-unsaturated/α-hetero) is 6. The molecule has 0 N–H and O–H groups in total. The van der Waals surface area contributed by atoms with Crippen molar-refractivity contribution < 1.29 is 95.1 Å². The van der Waals surface area contributed by atoms with E-state index in [0.29, 0.717) is 52.5 Å². The van der Waals surface area contributed by atoms with E-state index in [9.17, 15) is 66.6 Å². The third kappa shape index (κ3) is 42.0. The van der Waals surface area contributed by atoms with Crippen LogP contribution in [0.2, 0.25) is 0 Å². The average molecular weight is 1780 g/mol. The summed E-state index contributed by atoms with van der Waals surface area (Å²) < 4.78 is 135. The van der Waals surface area contributed by atoms with Gasteiger partial charge in [-0.05, 0) is 127 Å². The van der Waals surface area contributed by atoms with Crippen molar-refractivity contribution in [1.82, 2.24) is 0 Å². The average Bonchev–Trinajstić information content (AvgIpc) is 0.788. The zero-order valence-electron chi connectivity index (χ0n) is 64.1. The molecule has 0 amide bonds. The molecule has 0 heterocycles. The second kappa shape index (κ2) is 54.9. The number of carbonyl (C=O) groups excluding carboxylic acids is 6. The molecule has 6 aromatic carbocycles. The lowest BCUT2D eigenvalue weighted by atomic mass is 10.1. The second-order valence-corrected chi connectivity index (χ2v) is 41.8. The molecule has 21 nitrogen and oxygen atoms in total. The summed E-state index contributed by atoms with van der Waals surface area (Å²) in [6.07, 6.45) is 0.388. The molecule has 11 atom stereocenters. The number of carbonyl (C=O) groups is 6. The summed E-state index contributed by atoms with van der Waals surface area (Å²) in [6.45, 7) is 8.80. The predicted octanol–water partition coefficient (Wildman–Crippen LogP) is 15.5. The first-order valence-electron chi connectivity index (χ1n) is 34.5. The molecule has 33 heteroatoms. The van der Waals surface area contributed by atoms with Crippen LogP contribution in [0, 0.1) is 0 Å². The van der Waals surface area contributed by atoms with Crippen LogP contribution in [0.4, 0.5) is 0 Å². The first kappa shape index (κ1) is 104. The number of sulfone groups is 3. The number of benzene rings is 6. The number of ether oxygens (including phenoxy) is 6. The van der Waals surface area contributed by atoms with Crippen molar-refractivity contribution in [3.63, 3.8) is 0 Å². The molecule has 0 aliphatic rings. The van der Waals surface area contributed by atoms with Gasteiger partial charge in [0.15, 0.2) is 23.3 Å². The van der Waals surface area contributed by atoms with Crippen LogP contribution in [0.25, 0.3) is 0 Å². The molecule has 0 aromatic heterocycles. The normalized spacial score (nSPS) is 14.5. The van der Waals surface area contributed by atoms with E-state index < -0.39 is 97.0 Å². The molecule has 0 radical (unpaired) electrons. The zero-order valence-corrected chi connectivity index (χ0v) is 73.6. The summed E-state index contributed by atoms with van der Waals surface area (Å²) >= 11 is 36.4. The van der Waals surface area contributed by atoms with Crippen LogP contribution in [0.5, 0.6) is 0 Å². The van der Waals surface area contributed by atoms with Crippen LogP contribution in [0.3, 0.4) is 0 Å². The smallest absolute Gasteiger partial charge is 0.224 e. The minimum atomic E-state index is -3.94. The first-order chi connectivity index (χ1) is 52.1. The molecule has 0 bridgehead atoms. The molecule has 6 aromatic rings. The van der Waals surface area contributed by atoms with E-state index in [2.05, 4.69) is 0 Å². The highest BCUT2D eigenvalue weighted by Crippen LogP contribution is 2.40. The third-order valence-corrected chi connectivity index (χ3v) is 29.5. The van der Waals surface area contributed by atoms with Gasteiger partial charge in [-0.25, -0.2) is 25.3 Å². The van der Waals surface area contributed by atoms with Gasteiger partial charge in [0, 0.05) is 127 Å². The third-order valence-electron chi connectivity index (χ3n) is 15.7. The molecular formula is C78H102Cl6O21S6. The Bertz CT molecular complexity index is 4160. The van der Waals surface area contributed by atoms with Gasteiger partial charge >= 0.3 is 0 Å². The van der Waals surface area contributed by atoms with Gasteiger partial charge in [-0.15, -0.1) is 23.2 Å². The number of methoxy groups -OCH3 is 6. The number of halogens is 6. The van der Waals surface area contributed by atoms with Crippen LogP contribution in [0.15, 0.2) is 211 Å². The summed E-state index contributed by atoms with van der Waals surface area (Å²) in [5.74, 6) is 0.434. The molecule has 111 heavy (non-hydrogen) atoms. The lowest BCUT2D eigenvalue weighted by molar-refractivity contribution is -0.120. The Morgan fingerprint density at radius 2 is 0.685 bits per heavy atom. The quantitative estimate of drug-likeness (QED) is 0.0321.